The molecule has 0 aliphatic carbocycles. The molecule has 1 fully saturated rings. The van der Waals surface area contributed by atoms with Crippen LogP contribution in [0.1, 0.15) is 29.2 Å². The average Bonchev–Trinajstić information content (AvgIpc) is 3.30. The molecular weight excluding hydrogens is 443 g/mol. The molecular formula is C28H29FN4O2. The summed E-state index contributed by atoms with van der Waals surface area (Å²) in [6.07, 6.45) is 4.03. The van der Waals surface area contributed by atoms with Gasteiger partial charge in [-0.2, -0.15) is 0 Å². The Morgan fingerprint density at radius 1 is 1.06 bits per heavy atom. The van der Waals surface area contributed by atoms with Gasteiger partial charge in [-0.3, -0.25) is 4.79 Å². The first-order valence-electron chi connectivity index (χ1n) is 11.9. The largest absolute Gasteiger partial charge is 0.497 e. The van der Waals surface area contributed by atoms with Gasteiger partial charge in [-0.1, -0.05) is 12.1 Å². The summed E-state index contributed by atoms with van der Waals surface area (Å²) in [5.74, 6) is 0.289. The number of amides is 1. The summed E-state index contributed by atoms with van der Waals surface area (Å²) in [6, 6.07) is 18.5. The van der Waals surface area contributed by atoms with Crippen LogP contribution in [-0.4, -0.2) is 53.5 Å². The molecule has 1 aliphatic rings. The van der Waals surface area contributed by atoms with Gasteiger partial charge >= 0.3 is 0 Å². The molecule has 1 amide bonds. The lowest BCUT2D eigenvalue weighted by molar-refractivity contribution is -0.131. The summed E-state index contributed by atoms with van der Waals surface area (Å²) in [5, 5.41) is 0. The zero-order valence-electron chi connectivity index (χ0n) is 20.0. The first-order chi connectivity index (χ1) is 17.0. The molecule has 0 spiro atoms. The SMILES string of the molecule is COc1ccc(N2CCN(C(=O)CC(c3cccc(F)c3)c3cnc4cc(C)ccn34)CC2)cc1. The zero-order chi connectivity index (χ0) is 24.4. The summed E-state index contributed by atoms with van der Waals surface area (Å²) in [7, 11) is 1.66. The number of ether oxygens (including phenoxy) is 1. The number of nitrogens with zero attached hydrogens (tertiary/aromatic N) is 4. The maximum Gasteiger partial charge on any atom is 0.223 e. The topological polar surface area (TPSA) is 50.1 Å². The molecule has 6 nitrogen and oxygen atoms in total. The molecule has 3 heterocycles. The normalized spacial score (nSPS) is 14.8. The molecule has 180 valence electrons. The van der Waals surface area contributed by atoms with E-state index in [9.17, 15) is 9.18 Å². The standard InChI is InChI=1S/C28H29FN4O2/c1-20-10-11-33-26(19-30-27(33)16-20)25(21-4-3-5-22(29)17-21)18-28(34)32-14-12-31(13-15-32)23-6-8-24(35-2)9-7-23/h3-11,16-17,19,25H,12-15,18H2,1-2H3. The second kappa shape index (κ2) is 9.78. The minimum atomic E-state index is -0.308. The molecule has 5 rings (SSSR count). The van der Waals surface area contributed by atoms with Crippen LogP contribution in [0.25, 0.3) is 5.65 Å². The van der Waals surface area contributed by atoms with Gasteiger partial charge in [0.2, 0.25) is 5.91 Å². The Labute approximate surface area is 204 Å². The van der Waals surface area contributed by atoms with Crippen LogP contribution in [0.4, 0.5) is 10.1 Å². The molecule has 2 aromatic carbocycles. The highest BCUT2D eigenvalue weighted by atomic mass is 19.1. The quantitative estimate of drug-likeness (QED) is 0.410. The van der Waals surface area contributed by atoms with Crippen LogP contribution in [0.5, 0.6) is 5.75 Å². The number of pyridine rings is 1. The molecule has 1 atom stereocenters. The van der Waals surface area contributed by atoms with Crippen molar-refractivity contribution in [2.45, 2.75) is 19.3 Å². The molecule has 1 unspecified atom stereocenters. The smallest absolute Gasteiger partial charge is 0.223 e. The Morgan fingerprint density at radius 3 is 2.54 bits per heavy atom. The van der Waals surface area contributed by atoms with Crippen LogP contribution in [0, 0.1) is 12.7 Å². The number of halogens is 1. The van der Waals surface area contributed by atoms with Crippen molar-refractivity contribution in [2.24, 2.45) is 0 Å². The summed E-state index contributed by atoms with van der Waals surface area (Å²) in [4.78, 5) is 22.2. The predicted molar refractivity (Wildman–Crippen MR) is 135 cm³/mol. The van der Waals surface area contributed by atoms with E-state index < -0.39 is 0 Å². The zero-order valence-corrected chi connectivity index (χ0v) is 20.0. The van der Waals surface area contributed by atoms with Gasteiger partial charge in [0.15, 0.2) is 0 Å². The summed E-state index contributed by atoms with van der Waals surface area (Å²) in [6.45, 7) is 4.84. The van der Waals surface area contributed by atoms with Crippen molar-refractivity contribution in [2.75, 3.05) is 38.2 Å². The van der Waals surface area contributed by atoms with Gasteiger partial charge in [-0.05, 0) is 66.6 Å². The summed E-state index contributed by atoms with van der Waals surface area (Å²) in [5.41, 5.74) is 4.72. The number of aryl methyl sites for hydroxylation is 1. The van der Waals surface area contributed by atoms with Crippen molar-refractivity contribution >= 4 is 17.2 Å². The van der Waals surface area contributed by atoms with Crippen LogP contribution in [0.2, 0.25) is 0 Å². The fraction of sp³-hybridized carbons (Fsp3) is 0.286. The van der Waals surface area contributed by atoms with E-state index in [2.05, 4.69) is 9.88 Å². The Bertz CT molecular complexity index is 1330. The van der Waals surface area contributed by atoms with Crippen LogP contribution in [0.15, 0.2) is 73.1 Å². The van der Waals surface area contributed by atoms with E-state index in [1.807, 2.05) is 64.9 Å². The molecule has 35 heavy (non-hydrogen) atoms. The lowest BCUT2D eigenvalue weighted by atomic mass is 9.92. The third kappa shape index (κ3) is 4.85. The fourth-order valence-corrected chi connectivity index (χ4v) is 4.79. The Hall–Kier alpha value is -3.87. The lowest BCUT2D eigenvalue weighted by Crippen LogP contribution is -2.49. The number of rotatable bonds is 6. The van der Waals surface area contributed by atoms with Crippen molar-refractivity contribution in [1.82, 2.24) is 14.3 Å². The lowest BCUT2D eigenvalue weighted by Gasteiger charge is -2.36. The number of carbonyl (C=O) groups excluding carboxylic acids is 1. The van der Waals surface area contributed by atoms with Crippen LogP contribution in [-0.2, 0) is 4.79 Å². The highest BCUT2D eigenvalue weighted by molar-refractivity contribution is 5.78. The maximum atomic E-state index is 14.1. The fourth-order valence-electron chi connectivity index (χ4n) is 4.79. The van der Waals surface area contributed by atoms with Crippen molar-refractivity contribution in [3.63, 3.8) is 0 Å². The number of piperazine rings is 1. The second-order valence-electron chi connectivity index (χ2n) is 8.99. The van der Waals surface area contributed by atoms with Gasteiger partial charge in [0.25, 0.3) is 0 Å². The molecule has 0 bridgehead atoms. The van der Waals surface area contributed by atoms with E-state index in [0.29, 0.717) is 13.1 Å². The monoisotopic (exact) mass is 472 g/mol. The second-order valence-corrected chi connectivity index (χ2v) is 8.99. The summed E-state index contributed by atoms with van der Waals surface area (Å²) >= 11 is 0. The van der Waals surface area contributed by atoms with Crippen molar-refractivity contribution in [3.8, 4) is 5.75 Å². The van der Waals surface area contributed by atoms with E-state index >= 15 is 0 Å². The maximum absolute atomic E-state index is 14.1. The van der Waals surface area contributed by atoms with E-state index in [1.54, 1.807) is 19.4 Å². The minimum Gasteiger partial charge on any atom is -0.497 e. The first kappa shape index (κ1) is 22.9. The number of anilines is 1. The minimum absolute atomic E-state index is 0.0655. The number of hydrogen-bond acceptors (Lipinski definition) is 4. The highest BCUT2D eigenvalue weighted by Gasteiger charge is 2.27. The Kier molecular flexibility index (Phi) is 6.40. The molecule has 4 aromatic rings. The van der Waals surface area contributed by atoms with Gasteiger partial charge in [0.05, 0.1) is 12.8 Å². The van der Waals surface area contributed by atoms with Gasteiger partial charge in [0.1, 0.15) is 17.2 Å². The Morgan fingerprint density at radius 2 is 1.83 bits per heavy atom. The van der Waals surface area contributed by atoms with E-state index in [0.717, 1.165) is 47.0 Å². The Balaban J connectivity index is 1.34. The predicted octanol–water partition coefficient (Wildman–Crippen LogP) is 4.66. The third-order valence-electron chi connectivity index (χ3n) is 6.75. The molecule has 0 saturated carbocycles. The number of hydrogen-bond donors (Lipinski definition) is 0. The van der Waals surface area contributed by atoms with Crippen molar-refractivity contribution in [3.05, 3.63) is 95.7 Å². The molecule has 0 radical (unpaired) electrons. The van der Waals surface area contributed by atoms with Gasteiger partial charge in [0, 0.05) is 56.6 Å². The number of fused-ring (bicyclic) bond motifs is 1. The van der Waals surface area contributed by atoms with Crippen LogP contribution in [0.3, 0.4) is 0 Å². The first-order valence-corrected chi connectivity index (χ1v) is 11.9. The molecule has 1 aliphatic heterocycles. The third-order valence-corrected chi connectivity index (χ3v) is 6.75. The number of benzene rings is 2. The number of carbonyl (C=O) groups is 1. The van der Waals surface area contributed by atoms with E-state index in [4.69, 9.17) is 4.74 Å². The van der Waals surface area contributed by atoms with Crippen molar-refractivity contribution < 1.29 is 13.9 Å². The number of methoxy groups -OCH3 is 1. The number of imidazole rings is 1. The molecule has 2 aromatic heterocycles. The van der Waals surface area contributed by atoms with Gasteiger partial charge in [-0.25, -0.2) is 9.37 Å². The molecule has 7 heteroatoms. The molecule has 1 saturated heterocycles. The van der Waals surface area contributed by atoms with E-state index in [-0.39, 0.29) is 24.1 Å². The van der Waals surface area contributed by atoms with Crippen LogP contribution >= 0.6 is 0 Å². The summed E-state index contributed by atoms with van der Waals surface area (Å²) < 4.78 is 21.4. The van der Waals surface area contributed by atoms with Gasteiger partial charge < -0.3 is 18.9 Å². The highest BCUT2D eigenvalue weighted by Crippen LogP contribution is 2.30. The van der Waals surface area contributed by atoms with Crippen LogP contribution < -0.4 is 9.64 Å². The van der Waals surface area contributed by atoms with Crippen molar-refractivity contribution in [1.29, 1.82) is 0 Å². The number of aromatic nitrogens is 2. The molecule has 0 N–H and O–H groups in total. The van der Waals surface area contributed by atoms with E-state index in [1.165, 1.54) is 12.1 Å². The average molecular weight is 473 g/mol. The van der Waals surface area contributed by atoms with Gasteiger partial charge in [-0.15, -0.1) is 0 Å².